The highest BCUT2D eigenvalue weighted by molar-refractivity contribution is 5.78. The average Bonchev–Trinajstić information content (AvgIpc) is 2.06. The van der Waals surface area contributed by atoms with Gasteiger partial charge in [0.1, 0.15) is 5.78 Å². The summed E-state index contributed by atoms with van der Waals surface area (Å²) in [7, 11) is 0. The minimum atomic E-state index is 0.325. The highest BCUT2D eigenvalue weighted by atomic mass is 16.1. The maximum atomic E-state index is 11.0. The summed E-state index contributed by atoms with van der Waals surface area (Å²) in [6, 6.07) is 0. The molecule has 0 amide bonds. The molecular weight excluding hydrogens is 148 g/mol. The Hall–Kier alpha value is -0.590. The SMILES string of the molecule is CCCC1=CCC(C(C)=O)CC1. The predicted molar refractivity (Wildman–Crippen MR) is 51.0 cm³/mol. The number of hydrogen-bond acceptors (Lipinski definition) is 1. The zero-order valence-electron chi connectivity index (χ0n) is 8.10. The van der Waals surface area contributed by atoms with Gasteiger partial charge in [0.2, 0.25) is 0 Å². The molecule has 0 saturated carbocycles. The van der Waals surface area contributed by atoms with Crippen molar-refractivity contribution in [1.29, 1.82) is 0 Å². The van der Waals surface area contributed by atoms with Crippen molar-refractivity contribution in [1.82, 2.24) is 0 Å². The van der Waals surface area contributed by atoms with Gasteiger partial charge in [-0.2, -0.15) is 0 Å². The molecule has 0 heterocycles. The van der Waals surface area contributed by atoms with Crippen LogP contribution in [0.2, 0.25) is 0 Å². The van der Waals surface area contributed by atoms with Crippen molar-refractivity contribution in [2.45, 2.75) is 46.0 Å². The first-order valence-electron chi connectivity index (χ1n) is 4.92. The number of rotatable bonds is 3. The maximum absolute atomic E-state index is 11.0. The molecule has 0 radical (unpaired) electrons. The molecule has 1 unspecified atom stereocenters. The summed E-state index contributed by atoms with van der Waals surface area (Å²) >= 11 is 0. The molecule has 1 heteroatoms. The molecule has 1 nitrogen and oxygen atoms in total. The number of carbonyl (C=O) groups is 1. The summed E-state index contributed by atoms with van der Waals surface area (Å²) in [4.78, 5) is 11.0. The third-order valence-electron chi connectivity index (χ3n) is 2.65. The summed E-state index contributed by atoms with van der Waals surface area (Å²) in [6.07, 6.45) is 7.96. The van der Waals surface area contributed by atoms with Crippen molar-refractivity contribution in [2.75, 3.05) is 0 Å². The van der Waals surface area contributed by atoms with Crippen LogP contribution in [0.3, 0.4) is 0 Å². The molecule has 0 fully saturated rings. The Morgan fingerprint density at radius 3 is 2.83 bits per heavy atom. The van der Waals surface area contributed by atoms with Crippen LogP contribution in [0, 0.1) is 5.92 Å². The van der Waals surface area contributed by atoms with Crippen molar-refractivity contribution in [2.24, 2.45) is 5.92 Å². The second-order valence-corrected chi connectivity index (χ2v) is 3.69. The Morgan fingerprint density at radius 2 is 2.42 bits per heavy atom. The van der Waals surface area contributed by atoms with Crippen LogP contribution in [-0.2, 0) is 4.79 Å². The zero-order chi connectivity index (χ0) is 8.97. The van der Waals surface area contributed by atoms with Crippen molar-refractivity contribution >= 4 is 5.78 Å². The summed E-state index contributed by atoms with van der Waals surface area (Å²) in [5, 5.41) is 0. The second kappa shape index (κ2) is 4.44. The summed E-state index contributed by atoms with van der Waals surface area (Å²) in [5.41, 5.74) is 1.56. The first-order valence-corrected chi connectivity index (χ1v) is 4.92. The van der Waals surface area contributed by atoms with E-state index in [1.54, 1.807) is 12.5 Å². The van der Waals surface area contributed by atoms with E-state index in [4.69, 9.17) is 0 Å². The molecule has 1 rings (SSSR count). The fourth-order valence-electron chi connectivity index (χ4n) is 1.81. The van der Waals surface area contributed by atoms with E-state index in [0.29, 0.717) is 11.7 Å². The van der Waals surface area contributed by atoms with Gasteiger partial charge in [-0.15, -0.1) is 0 Å². The van der Waals surface area contributed by atoms with Gasteiger partial charge in [-0.25, -0.2) is 0 Å². The third kappa shape index (κ3) is 2.47. The van der Waals surface area contributed by atoms with Crippen LogP contribution in [0.1, 0.15) is 46.0 Å². The minimum absolute atomic E-state index is 0.325. The Kier molecular flexibility index (Phi) is 3.51. The molecule has 0 N–H and O–H groups in total. The van der Waals surface area contributed by atoms with Crippen LogP contribution in [0.4, 0.5) is 0 Å². The lowest BCUT2D eigenvalue weighted by atomic mass is 9.86. The molecule has 0 aromatic rings. The van der Waals surface area contributed by atoms with Gasteiger partial charge in [0.05, 0.1) is 0 Å². The third-order valence-corrected chi connectivity index (χ3v) is 2.65. The fourth-order valence-corrected chi connectivity index (χ4v) is 1.81. The van der Waals surface area contributed by atoms with Crippen molar-refractivity contribution < 1.29 is 4.79 Å². The van der Waals surface area contributed by atoms with Crippen LogP contribution in [0.25, 0.3) is 0 Å². The molecular formula is C11H18O. The molecule has 0 saturated heterocycles. The molecule has 0 spiro atoms. The zero-order valence-corrected chi connectivity index (χ0v) is 8.10. The van der Waals surface area contributed by atoms with Crippen molar-refractivity contribution in [3.05, 3.63) is 11.6 Å². The van der Waals surface area contributed by atoms with E-state index in [-0.39, 0.29) is 0 Å². The van der Waals surface area contributed by atoms with E-state index in [2.05, 4.69) is 13.0 Å². The van der Waals surface area contributed by atoms with E-state index >= 15 is 0 Å². The topological polar surface area (TPSA) is 17.1 Å². The number of Topliss-reactive ketones (excluding diaryl/α,β-unsaturated/α-hetero) is 1. The van der Waals surface area contributed by atoms with Crippen LogP contribution < -0.4 is 0 Å². The van der Waals surface area contributed by atoms with E-state index < -0.39 is 0 Å². The Morgan fingerprint density at radius 1 is 1.67 bits per heavy atom. The van der Waals surface area contributed by atoms with Gasteiger partial charge in [0.25, 0.3) is 0 Å². The number of allylic oxidation sites excluding steroid dienone is 2. The van der Waals surface area contributed by atoms with E-state index in [9.17, 15) is 4.79 Å². The molecule has 68 valence electrons. The highest BCUT2D eigenvalue weighted by Gasteiger charge is 2.17. The van der Waals surface area contributed by atoms with E-state index in [1.807, 2.05) is 0 Å². The van der Waals surface area contributed by atoms with Crippen LogP contribution in [0.5, 0.6) is 0 Å². The van der Waals surface area contributed by atoms with Crippen LogP contribution in [0.15, 0.2) is 11.6 Å². The predicted octanol–water partition coefficient (Wildman–Crippen LogP) is 3.10. The van der Waals surface area contributed by atoms with E-state index in [0.717, 1.165) is 19.3 Å². The lowest BCUT2D eigenvalue weighted by Crippen LogP contribution is -2.13. The quantitative estimate of drug-likeness (QED) is 0.589. The van der Waals surface area contributed by atoms with Gasteiger partial charge in [0, 0.05) is 5.92 Å². The molecule has 12 heavy (non-hydrogen) atoms. The molecule has 1 aliphatic carbocycles. The molecule has 0 bridgehead atoms. The smallest absolute Gasteiger partial charge is 0.133 e. The monoisotopic (exact) mass is 166 g/mol. The Labute approximate surface area is 74.9 Å². The van der Waals surface area contributed by atoms with Gasteiger partial charge in [-0.1, -0.05) is 25.0 Å². The van der Waals surface area contributed by atoms with Crippen molar-refractivity contribution in [3.63, 3.8) is 0 Å². The molecule has 0 aromatic heterocycles. The second-order valence-electron chi connectivity index (χ2n) is 3.69. The first-order chi connectivity index (χ1) is 5.74. The van der Waals surface area contributed by atoms with Gasteiger partial charge >= 0.3 is 0 Å². The lowest BCUT2D eigenvalue weighted by Gasteiger charge is -2.19. The van der Waals surface area contributed by atoms with Crippen molar-refractivity contribution in [3.8, 4) is 0 Å². The van der Waals surface area contributed by atoms with Gasteiger partial charge < -0.3 is 0 Å². The normalized spacial score (nSPS) is 23.5. The molecule has 1 atom stereocenters. The molecule has 0 aliphatic heterocycles. The Bertz CT molecular complexity index is 191. The number of carbonyl (C=O) groups excluding carboxylic acids is 1. The van der Waals surface area contributed by atoms with E-state index in [1.165, 1.54) is 12.8 Å². The van der Waals surface area contributed by atoms with Crippen LogP contribution in [-0.4, -0.2) is 5.78 Å². The lowest BCUT2D eigenvalue weighted by molar-refractivity contribution is -0.120. The number of hydrogen-bond donors (Lipinski definition) is 0. The Balaban J connectivity index is 2.42. The van der Waals surface area contributed by atoms with Gasteiger partial charge in [0.15, 0.2) is 0 Å². The average molecular weight is 166 g/mol. The van der Waals surface area contributed by atoms with Gasteiger partial charge in [-0.3, -0.25) is 4.79 Å². The summed E-state index contributed by atoms with van der Waals surface area (Å²) in [5.74, 6) is 0.687. The molecule has 0 aromatic carbocycles. The highest BCUT2D eigenvalue weighted by Crippen LogP contribution is 2.26. The molecule has 1 aliphatic rings. The minimum Gasteiger partial charge on any atom is -0.300 e. The first kappa shape index (κ1) is 9.50. The fraction of sp³-hybridized carbons (Fsp3) is 0.727. The largest absolute Gasteiger partial charge is 0.300 e. The summed E-state index contributed by atoms with van der Waals surface area (Å²) < 4.78 is 0. The standard InChI is InChI=1S/C11H18O/c1-3-4-10-5-7-11(8-6-10)9(2)12/h5,11H,3-4,6-8H2,1-2H3. The summed E-state index contributed by atoms with van der Waals surface area (Å²) in [6.45, 7) is 3.92. The van der Waals surface area contributed by atoms with Crippen LogP contribution >= 0.6 is 0 Å². The number of ketones is 1. The maximum Gasteiger partial charge on any atom is 0.133 e. The van der Waals surface area contributed by atoms with Gasteiger partial charge in [-0.05, 0) is 32.6 Å².